The van der Waals surface area contributed by atoms with E-state index >= 15 is 0 Å². The number of benzene rings is 2. The predicted molar refractivity (Wildman–Crippen MR) is 166 cm³/mol. The van der Waals surface area contributed by atoms with Crippen molar-refractivity contribution < 1.29 is 48.0 Å². The Kier molecular flexibility index (Phi) is 12.7. The monoisotopic (exact) mass is 627 g/mol. The maximum atomic E-state index is 12.0. The molecule has 0 spiro atoms. The molecule has 2 aromatic carbocycles. The number of methoxy groups -OCH3 is 2. The lowest BCUT2D eigenvalue weighted by atomic mass is 9.93. The maximum absolute atomic E-state index is 12.0. The van der Waals surface area contributed by atoms with Gasteiger partial charge >= 0.3 is 5.97 Å². The van der Waals surface area contributed by atoms with Gasteiger partial charge in [-0.3, -0.25) is 14.4 Å². The minimum absolute atomic E-state index is 0.0273. The Hall–Kier alpha value is -3.74. The minimum Gasteiger partial charge on any atom is -0.497 e. The number of nitrogens with zero attached hydrogens (tertiary/aromatic N) is 1. The summed E-state index contributed by atoms with van der Waals surface area (Å²) in [4.78, 5) is 27.6. The molecular formula is C34H45NO10. The van der Waals surface area contributed by atoms with E-state index in [2.05, 4.69) is 13.2 Å². The van der Waals surface area contributed by atoms with Crippen LogP contribution in [0.1, 0.15) is 63.2 Å². The molecule has 6 unspecified atom stereocenters. The van der Waals surface area contributed by atoms with Crippen LogP contribution in [0.3, 0.4) is 0 Å². The fourth-order valence-corrected chi connectivity index (χ4v) is 5.03. The number of carboxylic acid groups (broad SMARTS) is 1. The first-order valence-corrected chi connectivity index (χ1v) is 14.6. The van der Waals surface area contributed by atoms with Crippen LogP contribution in [0.2, 0.25) is 0 Å². The van der Waals surface area contributed by atoms with Crippen LogP contribution < -0.4 is 9.47 Å². The number of carboxylic acids is 1. The van der Waals surface area contributed by atoms with Crippen LogP contribution in [0, 0.1) is 0 Å². The van der Waals surface area contributed by atoms with Crippen LogP contribution >= 0.6 is 0 Å². The van der Waals surface area contributed by atoms with Crippen molar-refractivity contribution in [2.75, 3.05) is 28.4 Å². The fraction of sp³-hybridized carbons (Fsp3) is 0.471. The Morgan fingerprint density at radius 3 is 1.53 bits per heavy atom. The highest BCUT2D eigenvalue weighted by Crippen LogP contribution is 2.43. The average molecular weight is 628 g/mol. The molecule has 0 radical (unpaired) electrons. The van der Waals surface area contributed by atoms with Crippen LogP contribution in [-0.2, 0) is 33.4 Å². The van der Waals surface area contributed by atoms with Gasteiger partial charge in [-0.15, -0.1) is 13.2 Å². The molecule has 2 heterocycles. The van der Waals surface area contributed by atoms with Crippen molar-refractivity contribution in [2.24, 2.45) is 0 Å². The van der Waals surface area contributed by atoms with E-state index in [1.807, 2.05) is 62.4 Å². The zero-order chi connectivity index (χ0) is 33.2. The van der Waals surface area contributed by atoms with Crippen molar-refractivity contribution in [3.63, 3.8) is 0 Å². The Bertz CT molecular complexity index is 1280. The van der Waals surface area contributed by atoms with Gasteiger partial charge in [-0.1, -0.05) is 36.4 Å². The van der Waals surface area contributed by atoms with Gasteiger partial charge in [0, 0.05) is 31.0 Å². The molecular weight excluding hydrogens is 582 g/mol. The second-order valence-corrected chi connectivity index (χ2v) is 11.1. The number of rotatable bonds is 13. The summed E-state index contributed by atoms with van der Waals surface area (Å²) in [5.74, 6) is 0.562. The standard InChI is InChI=1S/C18H25NO5.C16H20O5/c1-6-15-18(2,12-11-16(20)19(3)22-5)24-17(23-15)13-7-9-14(21-4)10-8-13;1-4-13-16(2,10-9-14(17)18)21-15(20-13)11-5-7-12(19-3)8-6-11/h6-10,15,17H,1,11-12H2,2-5H3;4-8,13,15H,1,9-10H2,2-3H3,(H,17,18). The highest BCUT2D eigenvalue weighted by molar-refractivity contribution is 5.74. The van der Waals surface area contributed by atoms with E-state index in [0.29, 0.717) is 19.3 Å². The van der Waals surface area contributed by atoms with Crippen LogP contribution in [0.5, 0.6) is 11.5 Å². The summed E-state index contributed by atoms with van der Waals surface area (Å²) >= 11 is 0. The van der Waals surface area contributed by atoms with Crippen LogP contribution in [0.25, 0.3) is 0 Å². The summed E-state index contributed by atoms with van der Waals surface area (Å²) < 4.78 is 34.2. The first-order valence-electron chi connectivity index (χ1n) is 14.6. The number of hydroxylamine groups is 2. The number of ether oxygens (including phenoxy) is 6. The van der Waals surface area contributed by atoms with Gasteiger partial charge in [-0.25, -0.2) is 5.06 Å². The van der Waals surface area contributed by atoms with Crippen molar-refractivity contribution in [2.45, 2.75) is 75.5 Å². The van der Waals surface area contributed by atoms with E-state index in [0.717, 1.165) is 22.6 Å². The summed E-state index contributed by atoms with van der Waals surface area (Å²) in [7, 11) is 6.27. The zero-order valence-corrected chi connectivity index (χ0v) is 26.9. The molecule has 2 aromatic rings. The first-order chi connectivity index (χ1) is 21.4. The smallest absolute Gasteiger partial charge is 0.303 e. The van der Waals surface area contributed by atoms with Crippen LogP contribution in [0.15, 0.2) is 73.8 Å². The Morgan fingerprint density at radius 2 is 1.20 bits per heavy atom. The van der Waals surface area contributed by atoms with Gasteiger partial charge in [0.1, 0.15) is 23.7 Å². The Labute approximate surface area is 265 Å². The molecule has 2 fully saturated rings. The Morgan fingerprint density at radius 1 is 0.800 bits per heavy atom. The van der Waals surface area contributed by atoms with Crippen molar-refractivity contribution in [3.8, 4) is 11.5 Å². The van der Waals surface area contributed by atoms with Crippen molar-refractivity contribution in [3.05, 3.63) is 85.0 Å². The molecule has 11 heteroatoms. The average Bonchev–Trinajstić information content (AvgIpc) is 3.59. The van der Waals surface area contributed by atoms with E-state index in [9.17, 15) is 9.59 Å². The third-order valence-electron chi connectivity index (χ3n) is 8.00. The lowest BCUT2D eigenvalue weighted by molar-refractivity contribution is -0.170. The molecule has 246 valence electrons. The highest BCUT2D eigenvalue weighted by Gasteiger charge is 2.46. The minimum atomic E-state index is -0.851. The quantitative estimate of drug-likeness (QED) is 0.216. The van der Waals surface area contributed by atoms with Crippen molar-refractivity contribution in [1.29, 1.82) is 0 Å². The second kappa shape index (κ2) is 16.0. The number of hydrogen-bond donors (Lipinski definition) is 1. The number of aliphatic carboxylic acids is 1. The van der Waals surface area contributed by atoms with Gasteiger partial charge in [0.05, 0.1) is 32.5 Å². The van der Waals surface area contributed by atoms with Crippen molar-refractivity contribution >= 4 is 11.9 Å². The van der Waals surface area contributed by atoms with E-state index < -0.39 is 29.8 Å². The SMILES string of the molecule is C=CC1OC(c2ccc(OC)cc2)OC1(C)CCC(=O)N(C)OC.C=CC1OC(c2ccc(OC)cc2)OC1(C)CCC(=O)O. The number of carbonyl (C=O) groups excluding carboxylic acids is 1. The predicted octanol–water partition coefficient (Wildman–Crippen LogP) is 5.77. The molecule has 2 saturated heterocycles. The van der Waals surface area contributed by atoms with Crippen molar-refractivity contribution in [1.82, 2.24) is 5.06 Å². The van der Waals surface area contributed by atoms with E-state index in [4.69, 9.17) is 38.4 Å². The molecule has 6 atom stereocenters. The molecule has 2 aliphatic heterocycles. The summed E-state index contributed by atoms with van der Waals surface area (Å²) in [6.07, 6.45) is 2.89. The molecule has 0 saturated carbocycles. The second-order valence-electron chi connectivity index (χ2n) is 11.1. The number of amides is 1. The van der Waals surface area contributed by atoms with E-state index in [1.54, 1.807) is 33.4 Å². The summed E-state index contributed by atoms with van der Waals surface area (Å²) in [6, 6.07) is 14.9. The van der Waals surface area contributed by atoms with Gasteiger partial charge in [-0.05, 0) is 51.0 Å². The molecule has 1 amide bonds. The zero-order valence-electron chi connectivity index (χ0n) is 26.9. The van der Waals surface area contributed by atoms with E-state index in [-0.39, 0.29) is 24.5 Å². The molecule has 1 N–H and O–H groups in total. The van der Waals surface area contributed by atoms with Gasteiger partial charge in [0.15, 0.2) is 12.6 Å². The lowest BCUT2D eigenvalue weighted by Crippen LogP contribution is -2.37. The van der Waals surface area contributed by atoms with Gasteiger partial charge in [0.25, 0.3) is 0 Å². The van der Waals surface area contributed by atoms with E-state index in [1.165, 1.54) is 12.2 Å². The molecule has 0 bridgehead atoms. The molecule has 0 aliphatic carbocycles. The van der Waals surface area contributed by atoms with Gasteiger partial charge < -0.3 is 33.5 Å². The molecule has 11 nitrogen and oxygen atoms in total. The lowest BCUT2D eigenvalue weighted by Gasteiger charge is -2.27. The highest BCUT2D eigenvalue weighted by atomic mass is 16.7. The largest absolute Gasteiger partial charge is 0.497 e. The Balaban J connectivity index is 0.000000248. The summed E-state index contributed by atoms with van der Waals surface area (Å²) in [5, 5.41) is 10.1. The third kappa shape index (κ3) is 9.15. The molecule has 0 aromatic heterocycles. The molecule has 4 rings (SSSR count). The summed E-state index contributed by atoms with van der Waals surface area (Å²) in [6.45, 7) is 11.4. The number of carbonyl (C=O) groups is 2. The molecule has 45 heavy (non-hydrogen) atoms. The van der Waals surface area contributed by atoms with Crippen LogP contribution in [0.4, 0.5) is 0 Å². The fourth-order valence-electron chi connectivity index (χ4n) is 5.03. The number of hydrogen-bond acceptors (Lipinski definition) is 9. The van der Waals surface area contributed by atoms with Gasteiger partial charge in [0.2, 0.25) is 5.91 Å². The topological polar surface area (TPSA) is 122 Å². The first kappa shape index (κ1) is 35.7. The maximum Gasteiger partial charge on any atom is 0.303 e. The normalized spacial score (nSPS) is 27.2. The third-order valence-corrected chi connectivity index (χ3v) is 8.00. The van der Waals surface area contributed by atoms with Crippen LogP contribution in [-0.4, -0.2) is 73.8 Å². The van der Waals surface area contributed by atoms with Gasteiger partial charge in [-0.2, -0.15) is 0 Å². The summed E-state index contributed by atoms with van der Waals surface area (Å²) in [5.41, 5.74) is 0.440. The molecule has 2 aliphatic rings.